The number of rotatable bonds is 7. The molecule has 0 aliphatic heterocycles. The standard InChI is InChI=1S/C19H30N2O2/c1-19(2,3)21-14-13-20-18(22)17(15-9-5-4-6-10-15)23-16-11-7-8-12-16/h4-6,9-10,16-17,21H,7-8,11-14H2,1-3H3,(H,20,22). The number of carbonyl (C=O) groups excluding carboxylic acids is 1. The van der Waals surface area contributed by atoms with E-state index in [1.807, 2.05) is 30.3 Å². The van der Waals surface area contributed by atoms with Gasteiger partial charge in [0.1, 0.15) is 0 Å². The number of ether oxygens (including phenoxy) is 1. The first-order chi connectivity index (χ1) is 11.0. The molecular formula is C19H30N2O2. The molecule has 0 saturated heterocycles. The summed E-state index contributed by atoms with van der Waals surface area (Å²) >= 11 is 0. The molecule has 2 rings (SSSR count). The largest absolute Gasteiger partial charge is 0.360 e. The van der Waals surface area contributed by atoms with Crippen molar-refractivity contribution >= 4 is 5.91 Å². The molecule has 1 aromatic rings. The van der Waals surface area contributed by atoms with Gasteiger partial charge in [-0.15, -0.1) is 0 Å². The van der Waals surface area contributed by atoms with E-state index in [9.17, 15) is 4.79 Å². The third-order valence-corrected chi connectivity index (χ3v) is 4.05. The van der Waals surface area contributed by atoms with Gasteiger partial charge in [-0.1, -0.05) is 43.2 Å². The first-order valence-electron chi connectivity index (χ1n) is 8.69. The highest BCUT2D eigenvalue weighted by molar-refractivity contribution is 5.82. The topological polar surface area (TPSA) is 50.4 Å². The van der Waals surface area contributed by atoms with E-state index in [-0.39, 0.29) is 17.6 Å². The van der Waals surface area contributed by atoms with Gasteiger partial charge in [0.15, 0.2) is 6.10 Å². The second kappa shape index (κ2) is 8.46. The SMILES string of the molecule is CC(C)(C)NCCNC(=O)C(OC1CCCC1)c1ccccc1. The third-order valence-electron chi connectivity index (χ3n) is 4.05. The van der Waals surface area contributed by atoms with Crippen molar-refractivity contribution in [2.45, 2.75) is 64.2 Å². The zero-order valence-corrected chi connectivity index (χ0v) is 14.6. The fraction of sp³-hybridized carbons (Fsp3) is 0.632. The van der Waals surface area contributed by atoms with Crippen LogP contribution in [0.2, 0.25) is 0 Å². The predicted molar refractivity (Wildman–Crippen MR) is 93.3 cm³/mol. The van der Waals surface area contributed by atoms with E-state index in [0.29, 0.717) is 6.54 Å². The number of hydrogen-bond donors (Lipinski definition) is 2. The quantitative estimate of drug-likeness (QED) is 0.759. The maximum Gasteiger partial charge on any atom is 0.253 e. The predicted octanol–water partition coefficient (Wildman–Crippen LogP) is 3.19. The second-order valence-electron chi connectivity index (χ2n) is 7.30. The molecule has 0 heterocycles. The minimum atomic E-state index is -0.506. The monoisotopic (exact) mass is 318 g/mol. The van der Waals surface area contributed by atoms with Crippen LogP contribution in [-0.4, -0.2) is 30.6 Å². The van der Waals surface area contributed by atoms with E-state index in [4.69, 9.17) is 4.74 Å². The lowest BCUT2D eigenvalue weighted by atomic mass is 10.1. The van der Waals surface area contributed by atoms with E-state index >= 15 is 0 Å². The molecular weight excluding hydrogens is 288 g/mol. The molecule has 0 radical (unpaired) electrons. The van der Waals surface area contributed by atoms with Crippen molar-refractivity contribution in [3.8, 4) is 0 Å². The Labute approximate surface area is 140 Å². The lowest BCUT2D eigenvalue weighted by molar-refractivity contribution is -0.137. The lowest BCUT2D eigenvalue weighted by Crippen LogP contribution is -2.42. The van der Waals surface area contributed by atoms with Crippen LogP contribution in [0.15, 0.2) is 30.3 Å². The molecule has 1 fully saturated rings. The van der Waals surface area contributed by atoms with Crippen LogP contribution in [0.3, 0.4) is 0 Å². The minimum Gasteiger partial charge on any atom is -0.360 e. The molecule has 1 saturated carbocycles. The highest BCUT2D eigenvalue weighted by Crippen LogP contribution is 2.27. The number of hydrogen-bond acceptors (Lipinski definition) is 3. The molecule has 4 nitrogen and oxygen atoms in total. The van der Waals surface area contributed by atoms with Crippen molar-refractivity contribution in [2.75, 3.05) is 13.1 Å². The van der Waals surface area contributed by atoms with Crippen LogP contribution >= 0.6 is 0 Å². The van der Waals surface area contributed by atoms with Gasteiger partial charge in [-0.3, -0.25) is 4.79 Å². The molecule has 1 aliphatic rings. The molecule has 0 aromatic heterocycles. The second-order valence-corrected chi connectivity index (χ2v) is 7.30. The van der Waals surface area contributed by atoms with Crippen molar-refractivity contribution in [3.63, 3.8) is 0 Å². The van der Waals surface area contributed by atoms with Gasteiger partial charge in [-0.25, -0.2) is 0 Å². The van der Waals surface area contributed by atoms with Gasteiger partial charge < -0.3 is 15.4 Å². The first-order valence-corrected chi connectivity index (χ1v) is 8.69. The Kier molecular flexibility index (Phi) is 6.60. The van der Waals surface area contributed by atoms with Crippen LogP contribution in [0.25, 0.3) is 0 Å². The van der Waals surface area contributed by atoms with Crippen molar-refractivity contribution < 1.29 is 9.53 Å². The average molecular weight is 318 g/mol. The number of amides is 1. The number of carbonyl (C=O) groups is 1. The summed E-state index contributed by atoms with van der Waals surface area (Å²) in [4.78, 5) is 12.6. The van der Waals surface area contributed by atoms with Crippen LogP contribution in [-0.2, 0) is 9.53 Å². The molecule has 1 unspecified atom stereocenters. The molecule has 1 aliphatic carbocycles. The Morgan fingerprint density at radius 3 is 2.43 bits per heavy atom. The summed E-state index contributed by atoms with van der Waals surface area (Å²) in [6, 6.07) is 9.80. The maximum atomic E-state index is 12.6. The maximum absolute atomic E-state index is 12.6. The van der Waals surface area contributed by atoms with Crippen LogP contribution in [0.1, 0.15) is 58.1 Å². The Balaban J connectivity index is 1.91. The molecule has 2 N–H and O–H groups in total. The fourth-order valence-corrected chi connectivity index (χ4v) is 2.85. The highest BCUT2D eigenvalue weighted by atomic mass is 16.5. The summed E-state index contributed by atoms with van der Waals surface area (Å²) in [5.74, 6) is -0.0428. The van der Waals surface area contributed by atoms with E-state index in [2.05, 4.69) is 31.4 Å². The molecule has 23 heavy (non-hydrogen) atoms. The Morgan fingerprint density at radius 2 is 1.83 bits per heavy atom. The zero-order valence-electron chi connectivity index (χ0n) is 14.6. The highest BCUT2D eigenvalue weighted by Gasteiger charge is 2.26. The van der Waals surface area contributed by atoms with Crippen LogP contribution in [0.4, 0.5) is 0 Å². The van der Waals surface area contributed by atoms with Gasteiger partial charge in [0.2, 0.25) is 0 Å². The van der Waals surface area contributed by atoms with Crippen molar-refractivity contribution in [1.82, 2.24) is 10.6 Å². The van der Waals surface area contributed by atoms with Crippen LogP contribution < -0.4 is 10.6 Å². The first kappa shape index (κ1) is 18.0. The van der Waals surface area contributed by atoms with Crippen molar-refractivity contribution in [2.24, 2.45) is 0 Å². The van der Waals surface area contributed by atoms with Crippen LogP contribution in [0, 0.1) is 0 Å². The van der Waals surface area contributed by atoms with E-state index < -0.39 is 6.10 Å². The van der Waals surface area contributed by atoms with E-state index in [0.717, 1.165) is 24.9 Å². The summed E-state index contributed by atoms with van der Waals surface area (Å²) in [6.45, 7) is 7.70. The van der Waals surface area contributed by atoms with Gasteiger partial charge in [0.25, 0.3) is 5.91 Å². The molecule has 128 valence electrons. The Morgan fingerprint density at radius 1 is 1.17 bits per heavy atom. The van der Waals surface area contributed by atoms with Crippen molar-refractivity contribution in [1.29, 1.82) is 0 Å². The molecule has 4 heteroatoms. The summed E-state index contributed by atoms with van der Waals surface area (Å²) < 4.78 is 6.12. The van der Waals surface area contributed by atoms with Crippen molar-refractivity contribution in [3.05, 3.63) is 35.9 Å². The number of nitrogens with one attached hydrogen (secondary N) is 2. The van der Waals surface area contributed by atoms with E-state index in [1.54, 1.807) is 0 Å². The van der Waals surface area contributed by atoms with E-state index in [1.165, 1.54) is 12.8 Å². The minimum absolute atomic E-state index is 0.0428. The number of benzene rings is 1. The van der Waals surface area contributed by atoms with Gasteiger partial charge in [-0.2, -0.15) is 0 Å². The zero-order chi connectivity index (χ0) is 16.7. The van der Waals surface area contributed by atoms with Gasteiger partial charge >= 0.3 is 0 Å². The third kappa shape index (κ3) is 6.32. The molecule has 0 spiro atoms. The molecule has 1 amide bonds. The summed E-state index contributed by atoms with van der Waals surface area (Å²) in [7, 11) is 0. The average Bonchev–Trinajstić information content (AvgIpc) is 3.02. The summed E-state index contributed by atoms with van der Waals surface area (Å²) in [6.07, 6.45) is 4.21. The molecule has 1 aromatic carbocycles. The summed E-state index contributed by atoms with van der Waals surface area (Å²) in [5, 5.41) is 6.37. The van der Waals surface area contributed by atoms with Gasteiger partial charge in [0, 0.05) is 18.6 Å². The van der Waals surface area contributed by atoms with Gasteiger partial charge in [-0.05, 0) is 39.2 Å². The summed E-state index contributed by atoms with van der Waals surface area (Å²) in [5.41, 5.74) is 0.991. The Bertz CT molecular complexity index is 476. The molecule has 0 bridgehead atoms. The molecule has 1 atom stereocenters. The lowest BCUT2D eigenvalue weighted by Gasteiger charge is -2.23. The van der Waals surface area contributed by atoms with Gasteiger partial charge in [0.05, 0.1) is 6.10 Å². The van der Waals surface area contributed by atoms with Crippen LogP contribution in [0.5, 0.6) is 0 Å². The Hall–Kier alpha value is -1.39. The normalized spacial score (nSPS) is 17.2. The smallest absolute Gasteiger partial charge is 0.253 e. The fourth-order valence-electron chi connectivity index (χ4n) is 2.85.